The maximum atomic E-state index is 12.9. The molecule has 10 nitrogen and oxygen atoms in total. The molecule has 30 heavy (non-hydrogen) atoms. The third-order valence-corrected chi connectivity index (χ3v) is 6.60. The van der Waals surface area contributed by atoms with Gasteiger partial charge in [-0.05, 0) is 19.8 Å². The van der Waals surface area contributed by atoms with Crippen molar-refractivity contribution in [3.8, 4) is 0 Å². The molecule has 0 radical (unpaired) electrons. The minimum Gasteiger partial charge on any atom is -0.469 e. The zero-order valence-corrected chi connectivity index (χ0v) is 18.9. The molecule has 0 aromatic rings. The molecule has 2 unspecified atom stereocenters. The van der Waals surface area contributed by atoms with Crippen molar-refractivity contribution < 1.29 is 42.0 Å². The van der Waals surface area contributed by atoms with Crippen molar-refractivity contribution >= 4 is 25.7 Å². The molecule has 1 aliphatic heterocycles. The molecule has 1 N–H and O–H groups in total. The number of nitrogens with one attached hydrogen (secondary N) is 1. The van der Waals surface area contributed by atoms with Crippen molar-refractivity contribution in [3.63, 3.8) is 0 Å². The number of carbonyl (C=O) groups excluding carboxylic acids is 3. The predicted octanol–water partition coefficient (Wildman–Crippen LogP) is 2.70. The fourth-order valence-electron chi connectivity index (χ4n) is 3.37. The normalized spacial score (nSPS) is 27.7. The van der Waals surface area contributed by atoms with Crippen LogP contribution in [0.1, 0.15) is 59.3 Å². The number of hydrogen-bond donors (Lipinski definition) is 1. The van der Waals surface area contributed by atoms with E-state index in [1.165, 1.54) is 14.0 Å². The smallest absolute Gasteiger partial charge is 0.469 e. The molecule has 1 aliphatic carbocycles. The number of phosphoric ester groups is 1. The van der Waals surface area contributed by atoms with E-state index in [0.717, 1.165) is 32.1 Å². The summed E-state index contributed by atoms with van der Waals surface area (Å²) in [5.74, 6) is -1.61. The lowest BCUT2D eigenvalue weighted by atomic mass is 9.87. The Morgan fingerprint density at radius 2 is 1.87 bits per heavy atom. The van der Waals surface area contributed by atoms with E-state index in [4.69, 9.17) is 18.3 Å². The Morgan fingerprint density at radius 3 is 2.50 bits per heavy atom. The lowest BCUT2D eigenvalue weighted by Gasteiger charge is -2.39. The Labute approximate surface area is 176 Å². The van der Waals surface area contributed by atoms with E-state index in [9.17, 15) is 18.9 Å². The van der Waals surface area contributed by atoms with Crippen molar-refractivity contribution in [2.45, 2.75) is 71.7 Å². The van der Waals surface area contributed by atoms with Crippen LogP contribution >= 0.6 is 7.82 Å². The maximum Gasteiger partial charge on any atom is 0.478 e. The highest BCUT2D eigenvalue weighted by Crippen LogP contribution is 2.58. The SMILES string of the molecule is COC(=O)CCNC(=O)[C@@H]1OP(=O)(OC(C)OC(=O)C2CCCCC2)OCC1(C)C. The summed E-state index contributed by atoms with van der Waals surface area (Å²) in [5.41, 5.74) is -0.797. The molecule has 1 saturated carbocycles. The molecule has 1 saturated heterocycles. The van der Waals surface area contributed by atoms with Crippen LogP contribution in [0, 0.1) is 11.3 Å². The van der Waals surface area contributed by atoms with Gasteiger partial charge in [0.15, 0.2) is 6.10 Å². The first kappa shape index (κ1) is 24.8. The van der Waals surface area contributed by atoms with Crippen LogP contribution in [-0.2, 0) is 42.0 Å². The van der Waals surface area contributed by atoms with E-state index in [1.54, 1.807) is 13.8 Å². The maximum absolute atomic E-state index is 12.9. The number of carbonyl (C=O) groups is 3. The number of hydrogen-bond acceptors (Lipinski definition) is 9. The van der Waals surface area contributed by atoms with Crippen LogP contribution in [0.2, 0.25) is 0 Å². The van der Waals surface area contributed by atoms with Gasteiger partial charge in [0.1, 0.15) is 0 Å². The molecule has 1 heterocycles. The number of ether oxygens (including phenoxy) is 2. The van der Waals surface area contributed by atoms with Crippen molar-refractivity contribution in [2.75, 3.05) is 20.3 Å². The highest BCUT2D eigenvalue weighted by Gasteiger charge is 2.50. The summed E-state index contributed by atoms with van der Waals surface area (Å²) in [5, 5.41) is 2.56. The summed E-state index contributed by atoms with van der Waals surface area (Å²) in [4.78, 5) is 36.0. The van der Waals surface area contributed by atoms with Crippen molar-refractivity contribution in [1.82, 2.24) is 5.32 Å². The molecule has 0 spiro atoms. The summed E-state index contributed by atoms with van der Waals surface area (Å²) in [6.45, 7) is 4.84. The summed E-state index contributed by atoms with van der Waals surface area (Å²) >= 11 is 0. The second kappa shape index (κ2) is 10.7. The van der Waals surface area contributed by atoms with Crippen LogP contribution in [0.15, 0.2) is 0 Å². The van der Waals surface area contributed by atoms with Crippen molar-refractivity contribution in [3.05, 3.63) is 0 Å². The zero-order chi connectivity index (χ0) is 22.4. The number of esters is 2. The van der Waals surface area contributed by atoms with E-state index < -0.39 is 43.5 Å². The second-order valence-corrected chi connectivity index (χ2v) is 9.83. The summed E-state index contributed by atoms with van der Waals surface area (Å²) in [6, 6.07) is 0. The van der Waals surface area contributed by atoms with Crippen molar-refractivity contribution in [2.24, 2.45) is 11.3 Å². The first-order valence-electron chi connectivity index (χ1n) is 10.2. The van der Waals surface area contributed by atoms with Crippen LogP contribution < -0.4 is 5.32 Å². The van der Waals surface area contributed by atoms with Gasteiger partial charge in [-0.15, -0.1) is 0 Å². The summed E-state index contributed by atoms with van der Waals surface area (Å²) in [6.07, 6.45) is 2.27. The molecule has 1 amide bonds. The molecular formula is C19H32NO9P. The Hall–Kier alpha value is -1.48. The molecule has 172 valence electrons. The quantitative estimate of drug-likeness (QED) is 0.338. The number of amides is 1. The van der Waals surface area contributed by atoms with E-state index in [-0.39, 0.29) is 25.5 Å². The molecule has 2 rings (SSSR count). The third kappa shape index (κ3) is 7.04. The van der Waals surface area contributed by atoms with E-state index in [1.807, 2.05) is 0 Å². The van der Waals surface area contributed by atoms with Gasteiger partial charge in [-0.3, -0.25) is 23.4 Å². The Balaban J connectivity index is 1.92. The van der Waals surface area contributed by atoms with Crippen molar-refractivity contribution in [1.29, 1.82) is 0 Å². The summed E-state index contributed by atoms with van der Waals surface area (Å²) < 4.78 is 38.7. The lowest BCUT2D eigenvalue weighted by molar-refractivity contribution is -0.174. The predicted molar refractivity (Wildman–Crippen MR) is 105 cm³/mol. The van der Waals surface area contributed by atoms with Gasteiger partial charge in [0, 0.05) is 12.0 Å². The zero-order valence-electron chi connectivity index (χ0n) is 18.0. The summed E-state index contributed by atoms with van der Waals surface area (Å²) in [7, 11) is -2.89. The van der Waals surface area contributed by atoms with Gasteiger partial charge in [-0.25, -0.2) is 9.09 Å². The Kier molecular flexibility index (Phi) is 8.85. The van der Waals surface area contributed by atoms with Crippen LogP contribution in [0.4, 0.5) is 0 Å². The minimum absolute atomic E-state index is 0.00575. The monoisotopic (exact) mass is 449 g/mol. The molecule has 0 aromatic carbocycles. The number of phosphoric acid groups is 1. The first-order chi connectivity index (χ1) is 14.1. The molecule has 11 heteroatoms. The van der Waals surface area contributed by atoms with Crippen LogP contribution in [0.25, 0.3) is 0 Å². The highest BCUT2D eigenvalue weighted by molar-refractivity contribution is 7.48. The fourth-order valence-corrected chi connectivity index (χ4v) is 5.07. The highest BCUT2D eigenvalue weighted by atomic mass is 31.2. The molecule has 3 atom stereocenters. The molecule has 2 fully saturated rings. The van der Waals surface area contributed by atoms with Gasteiger partial charge in [0.2, 0.25) is 12.2 Å². The lowest BCUT2D eigenvalue weighted by Crippen LogP contribution is -2.50. The van der Waals surface area contributed by atoms with Gasteiger partial charge >= 0.3 is 19.8 Å². The number of methoxy groups -OCH3 is 1. The van der Waals surface area contributed by atoms with E-state index in [0.29, 0.717) is 0 Å². The Bertz CT molecular complexity index is 675. The van der Waals surface area contributed by atoms with Gasteiger partial charge in [0.25, 0.3) is 0 Å². The average Bonchev–Trinajstić information content (AvgIpc) is 2.70. The van der Waals surface area contributed by atoms with Crippen LogP contribution in [0.3, 0.4) is 0 Å². The number of rotatable bonds is 8. The van der Waals surface area contributed by atoms with Gasteiger partial charge in [-0.2, -0.15) is 0 Å². The molecule has 0 aromatic heterocycles. The Morgan fingerprint density at radius 1 is 1.20 bits per heavy atom. The van der Waals surface area contributed by atoms with Crippen LogP contribution in [0.5, 0.6) is 0 Å². The van der Waals surface area contributed by atoms with Crippen LogP contribution in [-0.4, -0.2) is 50.5 Å². The minimum atomic E-state index is -4.14. The largest absolute Gasteiger partial charge is 0.478 e. The van der Waals surface area contributed by atoms with Gasteiger partial charge < -0.3 is 14.8 Å². The average molecular weight is 449 g/mol. The van der Waals surface area contributed by atoms with Gasteiger partial charge in [-0.1, -0.05) is 33.1 Å². The van der Waals surface area contributed by atoms with E-state index in [2.05, 4.69) is 10.1 Å². The third-order valence-electron chi connectivity index (χ3n) is 5.13. The second-order valence-electron chi connectivity index (χ2n) is 8.26. The van der Waals surface area contributed by atoms with Gasteiger partial charge in [0.05, 0.1) is 26.1 Å². The van der Waals surface area contributed by atoms with E-state index >= 15 is 0 Å². The topological polar surface area (TPSA) is 126 Å². The standard InChI is InChI=1S/C19H32NO9P/c1-13(27-18(23)14-8-6-5-7-9-14)28-30(24)26-12-19(2,3)16(29-30)17(22)20-11-10-15(21)25-4/h13-14,16H,5-12H2,1-4H3,(H,20,22)/t13?,16-,30?/m0/s1. The fraction of sp³-hybridized carbons (Fsp3) is 0.842. The molecule has 2 aliphatic rings. The first-order valence-corrected chi connectivity index (χ1v) is 11.7. The molecule has 0 bridgehead atoms. The molecular weight excluding hydrogens is 417 g/mol.